The van der Waals surface area contributed by atoms with Crippen LogP contribution in [0.15, 0.2) is 59.7 Å². The first-order valence-corrected chi connectivity index (χ1v) is 11.6. The van der Waals surface area contributed by atoms with Crippen molar-refractivity contribution in [1.29, 1.82) is 0 Å². The second-order valence-electron chi connectivity index (χ2n) is 8.39. The van der Waals surface area contributed by atoms with Crippen LogP contribution < -0.4 is 10.1 Å². The van der Waals surface area contributed by atoms with Gasteiger partial charge in [0.25, 0.3) is 5.91 Å². The molecule has 4 rings (SSSR count). The molecule has 1 aliphatic heterocycles. The summed E-state index contributed by atoms with van der Waals surface area (Å²) in [6, 6.07) is 14.3. The molecule has 1 heterocycles. The van der Waals surface area contributed by atoms with Crippen LogP contribution in [0.4, 0.5) is 0 Å². The highest BCUT2D eigenvalue weighted by molar-refractivity contribution is 6.30. The number of carbonyl (C=O) groups is 2. The van der Waals surface area contributed by atoms with Crippen molar-refractivity contribution in [2.24, 2.45) is 0 Å². The normalized spacial score (nSPS) is 18.8. The van der Waals surface area contributed by atoms with Crippen molar-refractivity contribution in [2.45, 2.75) is 44.3 Å². The van der Waals surface area contributed by atoms with Crippen molar-refractivity contribution < 1.29 is 19.1 Å². The molecule has 6 nitrogen and oxygen atoms in total. The second-order valence-corrected chi connectivity index (χ2v) is 8.82. The molecule has 2 aromatic carbocycles. The van der Waals surface area contributed by atoms with E-state index >= 15 is 0 Å². The van der Waals surface area contributed by atoms with Gasteiger partial charge in [-0.3, -0.25) is 10.1 Å². The van der Waals surface area contributed by atoms with Gasteiger partial charge in [-0.05, 0) is 73.1 Å². The molecule has 33 heavy (non-hydrogen) atoms. The van der Waals surface area contributed by atoms with E-state index < -0.39 is 12.0 Å². The van der Waals surface area contributed by atoms with Gasteiger partial charge in [0.1, 0.15) is 18.0 Å². The van der Waals surface area contributed by atoms with Crippen LogP contribution in [0.2, 0.25) is 5.02 Å². The number of halogens is 1. The number of amides is 1. The Balaban J connectivity index is 1.62. The number of esters is 1. The molecule has 174 valence electrons. The molecule has 0 aromatic heterocycles. The van der Waals surface area contributed by atoms with Gasteiger partial charge in [0.2, 0.25) is 0 Å². The molecule has 2 aliphatic rings. The van der Waals surface area contributed by atoms with Crippen LogP contribution in [0, 0.1) is 0 Å². The van der Waals surface area contributed by atoms with E-state index in [9.17, 15) is 9.59 Å². The number of hydrogen-bond acceptors (Lipinski definition) is 5. The Kier molecular flexibility index (Phi) is 7.36. The lowest BCUT2D eigenvalue weighted by molar-refractivity contribution is -0.144. The number of benzene rings is 2. The molecule has 1 amide bonds. The molecule has 0 bridgehead atoms. The van der Waals surface area contributed by atoms with Crippen molar-refractivity contribution in [3.05, 3.63) is 75.8 Å². The van der Waals surface area contributed by atoms with E-state index in [2.05, 4.69) is 5.32 Å². The first-order valence-electron chi connectivity index (χ1n) is 11.3. The van der Waals surface area contributed by atoms with E-state index in [0.717, 1.165) is 48.0 Å². The SMILES string of the molecule is COC(=O)[C@H](N[C@H]1C2=C(CCCC2)C(=O)N1CCc1ccc(Cl)cc1)c1cccc(OC)c1. The average Bonchev–Trinajstić information content (AvgIpc) is 3.12. The van der Waals surface area contributed by atoms with Crippen molar-refractivity contribution in [3.8, 4) is 5.75 Å². The van der Waals surface area contributed by atoms with Gasteiger partial charge in [-0.25, -0.2) is 4.79 Å². The monoisotopic (exact) mass is 468 g/mol. The van der Waals surface area contributed by atoms with Crippen molar-refractivity contribution >= 4 is 23.5 Å². The van der Waals surface area contributed by atoms with E-state index in [1.54, 1.807) is 7.11 Å². The van der Waals surface area contributed by atoms with Crippen LogP contribution in [0.25, 0.3) is 0 Å². The molecule has 2 atom stereocenters. The van der Waals surface area contributed by atoms with Crippen LogP contribution in [-0.2, 0) is 20.7 Å². The molecule has 1 N–H and O–H groups in total. The van der Waals surface area contributed by atoms with Gasteiger partial charge in [0, 0.05) is 17.1 Å². The average molecular weight is 469 g/mol. The van der Waals surface area contributed by atoms with Gasteiger partial charge < -0.3 is 14.4 Å². The summed E-state index contributed by atoms with van der Waals surface area (Å²) in [5.41, 5.74) is 3.83. The minimum atomic E-state index is -0.727. The van der Waals surface area contributed by atoms with Crippen LogP contribution in [0.1, 0.15) is 42.9 Å². The number of nitrogens with zero attached hydrogens (tertiary/aromatic N) is 1. The molecule has 0 fully saturated rings. The van der Waals surface area contributed by atoms with Crippen molar-refractivity contribution in [3.63, 3.8) is 0 Å². The zero-order valence-corrected chi connectivity index (χ0v) is 19.7. The summed E-state index contributed by atoms with van der Waals surface area (Å²) in [5.74, 6) is 0.312. The van der Waals surface area contributed by atoms with E-state index in [1.165, 1.54) is 7.11 Å². The van der Waals surface area contributed by atoms with Gasteiger partial charge in [-0.2, -0.15) is 0 Å². The molecule has 2 aromatic rings. The third-order valence-electron chi connectivity index (χ3n) is 6.41. The number of nitrogens with one attached hydrogen (secondary N) is 1. The maximum absolute atomic E-state index is 13.4. The summed E-state index contributed by atoms with van der Waals surface area (Å²) in [5, 5.41) is 4.14. The van der Waals surface area contributed by atoms with Crippen LogP contribution >= 0.6 is 11.6 Å². The van der Waals surface area contributed by atoms with E-state index in [1.807, 2.05) is 53.4 Å². The van der Waals surface area contributed by atoms with Gasteiger partial charge >= 0.3 is 5.97 Å². The van der Waals surface area contributed by atoms with Crippen LogP contribution in [0.3, 0.4) is 0 Å². The third-order valence-corrected chi connectivity index (χ3v) is 6.67. The molecule has 1 aliphatic carbocycles. The zero-order chi connectivity index (χ0) is 23.4. The summed E-state index contributed by atoms with van der Waals surface area (Å²) >= 11 is 6.01. The standard InChI is InChI=1S/C26H29ClN2O4/c1-32-20-7-5-6-18(16-20)23(26(31)33-2)28-24-21-8-3-4-9-22(21)25(30)29(24)15-14-17-10-12-19(27)13-11-17/h5-7,10-13,16,23-24,28H,3-4,8-9,14-15H2,1-2H3/t23-,24-/m1/s1. The lowest BCUT2D eigenvalue weighted by Gasteiger charge is -2.31. The predicted octanol–water partition coefficient (Wildman–Crippen LogP) is 4.43. The molecule has 7 heteroatoms. The minimum Gasteiger partial charge on any atom is -0.497 e. The van der Waals surface area contributed by atoms with E-state index in [0.29, 0.717) is 23.7 Å². The Bertz CT molecular complexity index is 1050. The molecular formula is C26H29ClN2O4. The quantitative estimate of drug-likeness (QED) is 0.580. The van der Waals surface area contributed by atoms with E-state index in [-0.39, 0.29) is 12.1 Å². The molecule has 0 saturated carbocycles. The minimum absolute atomic E-state index is 0.0606. The highest BCUT2D eigenvalue weighted by Gasteiger charge is 2.41. The van der Waals surface area contributed by atoms with Crippen LogP contribution in [-0.4, -0.2) is 43.7 Å². The van der Waals surface area contributed by atoms with Gasteiger partial charge in [0.05, 0.1) is 14.2 Å². The second kappa shape index (κ2) is 10.4. The summed E-state index contributed by atoms with van der Waals surface area (Å²) in [4.78, 5) is 28.0. The van der Waals surface area contributed by atoms with Gasteiger partial charge in [-0.1, -0.05) is 35.9 Å². The maximum atomic E-state index is 13.4. The Hall–Kier alpha value is -2.83. The molecule has 0 radical (unpaired) electrons. The van der Waals surface area contributed by atoms with Gasteiger partial charge in [0.15, 0.2) is 0 Å². The Morgan fingerprint density at radius 3 is 2.64 bits per heavy atom. The fraction of sp³-hybridized carbons (Fsp3) is 0.385. The molecule has 0 unspecified atom stereocenters. The summed E-state index contributed by atoms with van der Waals surface area (Å²) in [6.07, 6.45) is 4.03. The Morgan fingerprint density at radius 2 is 1.91 bits per heavy atom. The van der Waals surface area contributed by atoms with E-state index in [4.69, 9.17) is 21.1 Å². The Morgan fingerprint density at radius 1 is 1.15 bits per heavy atom. The van der Waals surface area contributed by atoms with Gasteiger partial charge in [-0.15, -0.1) is 0 Å². The highest BCUT2D eigenvalue weighted by Crippen LogP contribution is 2.37. The highest BCUT2D eigenvalue weighted by atomic mass is 35.5. The first-order chi connectivity index (χ1) is 16.0. The number of ether oxygens (including phenoxy) is 2. The summed E-state index contributed by atoms with van der Waals surface area (Å²) in [6.45, 7) is 0.539. The number of hydrogen-bond donors (Lipinski definition) is 1. The third kappa shape index (κ3) is 5.07. The predicted molar refractivity (Wildman–Crippen MR) is 127 cm³/mol. The summed E-state index contributed by atoms with van der Waals surface area (Å²) in [7, 11) is 2.97. The number of rotatable bonds is 8. The van der Waals surface area contributed by atoms with Crippen molar-refractivity contribution in [2.75, 3.05) is 20.8 Å². The topological polar surface area (TPSA) is 67.9 Å². The summed E-state index contributed by atoms with van der Waals surface area (Å²) < 4.78 is 10.5. The molecule has 0 saturated heterocycles. The fourth-order valence-corrected chi connectivity index (χ4v) is 4.80. The zero-order valence-electron chi connectivity index (χ0n) is 19.0. The lowest BCUT2D eigenvalue weighted by Crippen LogP contribution is -2.49. The van der Waals surface area contributed by atoms with Crippen LogP contribution in [0.5, 0.6) is 5.75 Å². The molecular weight excluding hydrogens is 440 g/mol. The smallest absolute Gasteiger partial charge is 0.327 e. The first kappa shape index (κ1) is 23.3. The number of methoxy groups -OCH3 is 2. The number of carbonyl (C=O) groups excluding carboxylic acids is 2. The molecule has 0 spiro atoms. The maximum Gasteiger partial charge on any atom is 0.327 e. The largest absolute Gasteiger partial charge is 0.497 e. The lowest BCUT2D eigenvalue weighted by atomic mass is 9.92. The fourth-order valence-electron chi connectivity index (χ4n) is 4.67. The van der Waals surface area contributed by atoms with Crippen molar-refractivity contribution in [1.82, 2.24) is 10.2 Å². The Labute approximate surface area is 199 Å².